The molecule has 0 aliphatic carbocycles. The molecule has 0 aromatic carbocycles. The summed E-state index contributed by atoms with van der Waals surface area (Å²) in [6.45, 7) is 4.37. The van der Waals surface area contributed by atoms with Crippen LogP contribution >= 0.6 is 0 Å². The molecule has 3 aromatic heterocycles. The van der Waals surface area contributed by atoms with Crippen LogP contribution in [0.1, 0.15) is 19.0 Å². The predicted octanol–water partition coefficient (Wildman–Crippen LogP) is 2.17. The Morgan fingerprint density at radius 3 is 3.08 bits per heavy atom. The van der Waals surface area contributed by atoms with Gasteiger partial charge in [-0.3, -0.25) is 0 Å². The fraction of sp³-hybridized carbons (Fsp3) is 0.389. The van der Waals surface area contributed by atoms with Gasteiger partial charge in [-0.2, -0.15) is 5.26 Å². The highest BCUT2D eigenvalue weighted by Gasteiger charge is 2.39. The van der Waals surface area contributed by atoms with E-state index in [0.717, 1.165) is 35.0 Å². The van der Waals surface area contributed by atoms with Gasteiger partial charge in [0.15, 0.2) is 0 Å². The second-order valence-corrected chi connectivity index (χ2v) is 6.98. The lowest BCUT2D eigenvalue weighted by Gasteiger charge is -2.21. The molecule has 2 saturated heterocycles. The minimum Gasteiger partial charge on any atom is -0.369 e. The predicted molar refractivity (Wildman–Crippen MR) is 92.8 cm³/mol. The minimum atomic E-state index is 0.437. The molecule has 24 heavy (non-hydrogen) atoms. The third-order valence-electron chi connectivity index (χ3n) is 5.41. The SMILES string of the molecule is CC1C[C@H]2CN(c3ccnc4[nH]c5cnc(C#N)cc5c34)C[C@H]2N1. The van der Waals surface area contributed by atoms with Crippen molar-refractivity contribution in [3.05, 3.63) is 30.2 Å². The lowest BCUT2D eigenvalue weighted by Crippen LogP contribution is -2.33. The highest BCUT2D eigenvalue weighted by molar-refractivity contribution is 6.12. The largest absolute Gasteiger partial charge is 0.369 e. The molecule has 2 aliphatic heterocycles. The molecule has 2 aliphatic rings. The van der Waals surface area contributed by atoms with Crippen molar-refractivity contribution in [2.75, 3.05) is 18.0 Å². The van der Waals surface area contributed by atoms with Gasteiger partial charge in [-0.05, 0) is 31.4 Å². The summed E-state index contributed by atoms with van der Waals surface area (Å²) in [5.41, 5.74) is 3.42. The number of rotatable bonds is 1. The summed E-state index contributed by atoms with van der Waals surface area (Å²) in [5.74, 6) is 0.713. The summed E-state index contributed by atoms with van der Waals surface area (Å²) in [7, 11) is 0. The number of aromatic amines is 1. The zero-order chi connectivity index (χ0) is 16.3. The number of nitriles is 1. The Labute approximate surface area is 139 Å². The maximum absolute atomic E-state index is 9.16. The van der Waals surface area contributed by atoms with Gasteiger partial charge >= 0.3 is 0 Å². The van der Waals surface area contributed by atoms with E-state index in [1.54, 1.807) is 6.20 Å². The summed E-state index contributed by atoms with van der Waals surface area (Å²) in [4.78, 5) is 14.4. The van der Waals surface area contributed by atoms with Crippen molar-refractivity contribution in [1.82, 2.24) is 20.3 Å². The van der Waals surface area contributed by atoms with Crippen molar-refractivity contribution in [1.29, 1.82) is 5.26 Å². The van der Waals surface area contributed by atoms with E-state index < -0.39 is 0 Å². The van der Waals surface area contributed by atoms with Crippen LogP contribution in [0, 0.1) is 17.2 Å². The Morgan fingerprint density at radius 2 is 2.25 bits per heavy atom. The van der Waals surface area contributed by atoms with Crippen LogP contribution in [-0.4, -0.2) is 40.1 Å². The van der Waals surface area contributed by atoms with Gasteiger partial charge < -0.3 is 15.2 Å². The van der Waals surface area contributed by atoms with Crippen LogP contribution < -0.4 is 10.2 Å². The van der Waals surface area contributed by atoms with Crippen LogP contribution in [0.4, 0.5) is 5.69 Å². The Bertz CT molecular complexity index is 970. The topological polar surface area (TPSA) is 80.6 Å². The van der Waals surface area contributed by atoms with E-state index in [0.29, 0.717) is 23.7 Å². The normalized spacial score (nSPS) is 26.2. The lowest BCUT2D eigenvalue weighted by atomic mass is 10.0. The van der Waals surface area contributed by atoms with E-state index in [-0.39, 0.29) is 0 Å². The molecular formula is C18H18N6. The van der Waals surface area contributed by atoms with Crippen molar-refractivity contribution in [3.8, 4) is 6.07 Å². The first kappa shape index (κ1) is 13.8. The van der Waals surface area contributed by atoms with Crippen LogP contribution in [0.25, 0.3) is 21.9 Å². The molecule has 0 saturated carbocycles. The smallest absolute Gasteiger partial charge is 0.141 e. The average molecular weight is 318 g/mol. The number of H-pyrrole nitrogens is 1. The molecule has 5 heterocycles. The number of pyridine rings is 2. The first-order valence-electron chi connectivity index (χ1n) is 8.40. The Balaban J connectivity index is 1.65. The number of nitrogens with one attached hydrogen (secondary N) is 2. The summed E-state index contributed by atoms with van der Waals surface area (Å²) < 4.78 is 0. The van der Waals surface area contributed by atoms with E-state index in [1.165, 1.54) is 12.1 Å². The molecule has 120 valence electrons. The summed E-state index contributed by atoms with van der Waals surface area (Å²) >= 11 is 0. The van der Waals surface area contributed by atoms with Gasteiger partial charge in [-0.25, -0.2) is 9.97 Å². The Morgan fingerprint density at radius 1 is 1.33 bits per heavy atom. The fourth-order valence-electron chi connectivity index (χ4n) is 4.41. The molecule has 3 aromatic rings. The zero-order valence-corrected chi connectivity index (χ0v) is 13.5. The van der Waals surface area contributed by atoms with Gasteiger partial charge in [0.1, 0.15) is 17.4 Å². The van der Waals surface area contributed by atoms with Crippen LogP contribution in [0.5, 0.6) is 0 Å². The van der Waals surface area contributed by atoms with Gasteiger partial charge in [0.2, 0.25) is 0 Å². The van der Waals surface area contributed by atoms with Gasteiger partial charge in [0.05, 0.1) is 17.1 Å². The Hall–Kier alpha value is -2.65. The van der Waals surface area contributed by atoms with E-state index in [9.17, 15) is 0 Å². The average Bonchev–Trinajstić information content (AvgIpc) is 3.23. The highest BCUT2D eigenvalue weighted by Crippen LogP contribution is 2.37. The molecule has 5 rings (SSSR count). The molecule has 6 heteroatoms. The first-order valence-corrected chi connectivity index (χ1v) is 8.40. The molecule has 0 amide bonds. The second kappa shape index (κ2) is 4.92. The van der Waals surface area contributed by atoms with E-state index >= 15 is 0 Å². The van der Waals surface area contributed by atoms with Crippen LogP contribution in [-0.2, 0) is 0 Å². The van der Waals surface area contributed by atoms with E-state index in [4.69, 9.17) is 5.26 Å². The van der Waals surface area contributed by atoms with Crippen molar-refractivity contribution in [2.24, 2.45) is 5.92 Å². The minimum absolute atomic E-state index is 0.437. The summed E-state index contributed by atoms with van der Waals surface area (Å²) in [6, 6.07) is 7.27. The molecule has 2 fully saturated rings. The van der Waals surface area contributed by atoms with Crippen molar-refractivity contribution in [3.63, 3.8) is 0 Å². The van der Waals surface area contributed by atoms with Gasteiger partial charge in [0.25, 0.3) is 0 Å². The molecule has 6 nitrogen and oxygen atoms in total. The monoisotopic (exact) mass is 318 g/mol. The first-order chi connectivity index (χ1) is 11.7. The molecular weight excluding hydrogens is 300 g/mol. The number of anilines is 1. The Kier molecular flexibility index (Phi) is 2.82. The molecule has 1 unspecified atom stereocenters. The summed E-state index contributed by atoms with van der Waals surface area (Å²) in [6.07, 6.45) is 4.82. The van der Waals surface area contributed by atoms with Crippen molar-refractivity contribution in [2.45, 2.75) is 25.4 Å². The third kappa shape index (κ3) is 1.91. The van der Waals surface area contributed by atoms with E-state index in [1.807, 2.05) is 12.3 Å². The molecule has 3 atom stereocenters. The van der Waals surface area contributed by atoms with Crippen LogP contribution in [0.3, 0.4) is 0 Å². The van der Waals surface area contributed by atoms with Gasteiger partial charge in [-0.1, -0.05) is 0 Å². The maximum Gasteiger partial charge on any atom is 0.141 e. The number of aromatic nitrogens is 3. The van der Waals surface area contributed by atoms with Crippen molar-refractivity contribution >= 4 is 27.6 Å². The number of nitrogens with zero attached hydrogens (tertiary/aromatic N) is 4. The molecule has 0 spiro atoms. The third-order valence-corrected chi connectivity index (χ3v) is 5.41. The van der Waals surface area contributed by atoms with Gasteiger partial charge in [0, 0.05) is 42.4 Å². The fourth-order valence-corrected chi connectivity index (χ4v) is 4.41. The number of hydrogen-bond acceptors (Lipinski definition) is 5. The van der Waals surface area contributed by atoms with Crippen LogP contribution in [0.2, 0.25) is 0 Å². The highest BCUT2D eigenvalue weighted by atomic mass is 15.2. The number of hydrogen-bond donors (Lipinski definition) is 2. The van der Waals surface area contributed by atoms with E-state index in [2.05, 4.69) is 44.2 Å². The second-order valence-electron chi connectivity index (χ2n) is 6.98. The van der Waals surface area contributed by atoms with Gasteiger partial charge in [-0.15, -0.1) is 0 Å². The molecule has 2 N–H and O–H groups in total. The molecule has 0 bridgehead atoms. The zero-order valence-electron chi connectivity index (χ0n) is 13.5. The van der Waals surface area contributed by atoms with Crippen LogP contribution in [0.15, 0.2) is 24.5 Å². The maximum atomic E-state index is 9.16. The molecule has 0 radical (unpaired) electrons. The standard InChI is InChI=1S/C18H18N6/c1-10-4-11-8-24(9-15(11)22-10)16-2-3-20-18-17(16)13-5-12(6-19)21-7-14(13)23-18/h2-3,5,7,10-11,15,22H,4,8-9H2,1H3,(H,20,23)/t10?,11-,15+/m0/s1. The lowest BCUT2D eigenvalue weighted by molar-refractivity contribution is 0.553. The number of fused-ring (bicyclic) bond motifs is 4. The summed E-state index contributed by atoms with van der Waals surface area (Å²) in [5, 5.41) is 15.0. The van der Waals surface area contributed by atoms with Crippen molar-refractivity contribution < 1.29 is 0 Å². The quantitative estimate of drug-likeness (QED) is 0.719.